The predicted octanol–water partition coefficient (Wildman–Crippen LogP) is 1.30. The third-order valence-electron chi connectivity index (χ3n) is 2.56. The lowest BCUT2D eigenvalue weighted by Crippen LogP contribution is -2.18. The van der Waals surface area contributed by atoms with Gasteiger partial charge in [-0.25, -0.2) is 4.79 Å². The van der Waals surface area contributed by atoms with E-state index in [1.807, 2.05) is 0 Å². The molecule has 1 heterocycles. The quantitative estimate of drug-likeness (QED) is 0.743. The first kappa shape index (κ1) is 12.3. The van der Waals surface area contributed by atoms with Crippen molar-refractivity contribution in [2.24, 2.45) is 0 Å². The van der Waals surface area contributed by atoms with Crippen molar-refractivity contribution in [3.05, 3.63) is 34.3 Å². The maximum Gasteiger partial charge on any atom is 0.417 e. The minimum Gasteiger partial charge on any atom is -0.408 e. The molecule has 2 rings (SSSR count). The van der Waals surface area contributed by atoms with E-state index in [-0.39, 0.29) is 0 Å². The molecule has 2 aromatic rings. The van der Waals surface area contributed by atoms with Gasteiger partial charge in [0.25, 0.3) is 0 Å². The van der Waals surface area contributed by atoms with Crippen LogP contribution in [0.15, 0.2) is 27.4 Å². The van der Waals surface area contributed by atoms with E-state index in [2.05, 4.69) is 20.9 Å². The molecule has 2 unspecified atom stereocenters. The first-order valence-electron chi connectivity index (χ1n) is 5.16. The van der Waals surface area contributed by atoms with Gasteiger partial charge in [-0.15, -0.1) is 0 Å². The Bertz CT molecular complexity index is 562. The van der Waals surface area contributed by atoms with Crippen LogP contribution in [0.1, 0.15) is 18.1 Å². The molecule has 0 amide bonds. The van der Waals surface area contributed by atoms with E-state index in [4.69, 9.17) is 4.42 Å². The Kier molecular flexibility index (Phi) is 3.66. The highest BCUT2D eigenvalue weighted by molar-refractivity contribution is 9.09. The van der Waals surface area contributed by atoms with Crippen LogP contribution in [0.2, 0.25) is 0 Å². The minimum absolute atomic E-state index is 0.373. The molecule has 2 atom stereocenters. The molecule has 0 saturated heterocycles. The number of alkyl halides is 1. The number of nitrogens with one attached hydrogen (secondary N) is 1. The third-order valence-corrected chi connectivity index (χ3v) is 3.01. The molecule has 0 spiro atoms. The van der Waals surface area contributed by atoms with Gasteiger partial charge in [-0.3, -0.25) is 4.98 Å². The van der Waals surface area contributed by atoms with E-state index in [1.165, 1.54) is 0 Å². The molecule has 5 nitrogen and oxygen atoms in total. The molecule has 0 aliphatic heterocycles. The van der Waals surface area contributed by atoms with Crippen LogP contribution in [-0.2, 0) is 0 Å². The summed E-state index contributed by atoms with van der Waals surface area (Å²) in [6, 6.07) is 4.84. The van der Waals surface area contributed by atoms with Crippen molar-refractivity contribution >= 4 is 27.0 Å². The average molecular weight is 302 g/mol. The topological polar surface area (TPSA) is 86.5 Å². The Hall–Kier alpha value is -1.11. The van der Waals surface area contributed by atoms with Gasteiger partial charge in [-0.1, -0.05) is 22.0 Å². The molecule has 3 N–H and O–H groups in total. The minimum atomic E-state index is -0.989. The number of aromatic nitrogens is 1. The zero-order chi connectivity index (χ0) is 12.4. The Morgan fingerprint density at radius 2 is 2.18 bits per heavy atom. The Morgan fingerprint density at radius 3 is 2.88 bits per heavy atom. The fraction of sp³-hybridized carbons (Fsp3) is 0.364. The Balaban J connectivity index is 2.32. The smallest absolute Gasteiger partial charge is 0.408 e. The largest absolute Gasteiger partial charge is 0.417 e. The molecule has 6 heteroatoms. The highest BCUT2D eigenvalue weighted by Gasteiger charge is 2.18. The zero-order valence-corrected chi connectivity index (χ0v) is 10.5. The first-order valence-corrected chi connectivity index (χ1v) is 6.29. The van der Waals surface area contributed by atoms with Crippen LogP contribution in [-0.4, -0.2) is 26.6 Å². The van der Waals surface area contributed by atoms with Crippen LogP contribution in [0, 0.1) is 0 Å². The van der Waals surface area contributed by atoms with Crippen molar-refractivity contribution in [1.29, 1.82) is 0 Å². The third kappa shape index (κ3) is 2.59. The molecule has 0 aliphatic carbocycles. The number of oxazole rings is 1. The normalized spacial score (nSPS) is 15.0. The van der Waals surface area contributed by atoms with E-state index < -0.39 is 18.0 Å². The van der Waals surface area contributed by atoms with E-state index >= 15 is 0 Å². The molecule has 0 fully saturated rings. The molecule has 0 saturated carbocycles. The number of rotatable bonds is 4. The summed E-state index contributed by atoms with van der Waals surface area (Å²) in [5.41, 5.74) is 1.47. The van der Waals surface area contributed by atoms with Crippen LogP contribution < -0.4 is 5.76 Å². The lowest BCUT2D eigenvalue weighted by atomic mass is 10.0. The summed E-state index contributed by atoms with van der Waals surface area (Å²) in [4.78, 5) is 13.5. The van der Waals surface area contributed by atoms with Gasteiger partial charge < -0.3 is 14.6 Å². The predicted molar refractivity (Wildman–Crippen MR) is 66.2 cm³/mol. The molecule has 0 aliphatic rings. The van der Waals surface area contributed by atoms with Gasteiger partial charge in [0.2, 0.25) is 0 Å². The SMILES string of the molecule is O=c1[nH]c2ccc(C(O)C(O)CCBr)cc2o1. The maximum atomic E-state index is 11.0. The van der Waals surface area contributed by atoms with Crippen molar-refractivity contribution in [3.8, 4) is 0 Å². The number of hydrogen-bond donors (Lipinski definition) is 3. The van der Waals surface area contributed by atoms with Crippen molar-refractivity contribution in [3.63, 3.8) is 0 Å². The molecule has 0 radical (unpaired) electrons. The molecular formula is C11H12BrNO4. The standard InChI is InChI=1S/C11H12BrNO4/c12-4-3-8(14)10(15)6-1-2-7-9(5-6)17-11(16)13-7/h1-2,5,8,10,14-15H,3-4H2,(H,13,16). The maximum absolute atomic E-state index is 11.0. The van der Waals surface area contributed by atoms with Crippen LogP contribution >= 0.6 is 15.9 Å². The zero-order valence-electron chi connectivity index (χ0n) is 8.89. The van der Waals surface area contributed by atoms with Crippen molar-refractivity contribution < 1.29 is 14.6 Å². The van der Waals surface area contributed by atoms with Gasteiger partial charge in [-0.05, 0) is 24.1 Å². The second kappa shape index (κ2) is 5.03. The van der Waals surface area contributed by atoms with Gasteiger partial charge in [0.15, 0.2) is 5.58 Å². The van der Waals surface area contributed by atoms with Gasteiger partial charge in [-0.2, -0.15) is 0 Å². The van der Waals surface area contributed by atoms with Gasteiger partial charge in [0.1, 0.15) is 6.10 Å². The van der Waals surface area contributed by atoms with Gasteiger partial charge in [0.05, 0.1) is 11.6 Å². The second-order valence-electron chi connectivity index (χ2n) is 3.76. The Morgan fingerprint density at radius 1 is 1.41 bits per heavy atom. The van der Waals surface area contributed by atoms with Crippen LogP contribution in [0.4, 0.5) is 0 Å². The highest BCUT2D eigenvalue weighted by atomic mass is 79.9. The van der Waals surface area contributed by atoms with Crippen LogP contribution in [0.25, 0.3) is 11.1 Å². The second-order valence-corrected chi connectivity index (χ2v) is 4.55. The lowest BCUT2D eigenvalue weighted by Gasteiger charge is -2.16. The number of benzene rings is 1. The van der Waals surface area contributed by atoms with Crippen molar-refractivity contribution in [2.45, 2.75) is 18.6 Å². The summed E-state index contributed by atoms with van der Waals surface area (Å²) in [5.74, 6) is -0.535. The summed E-state index contributed by atoms with van der Waals surface area (Å²) >= 11 is 3.20. The average Bonchev–Trinajstić information content (AvgIpc) is 2.67. The number of aliphatic hydroxyl groups is 2. The summed E-state index contributed by atoms with van der Waals surface area (Å²) in [6.45, 7) is 0. The fourth-order valence-electron chi connectivity index (χ4n) is 1.64. The number of fused-ring (bicyclic) bond motifs is 1. The number of halogens is 1. The summed E-state index contributed by atoms with van der Waals surface area (Å²) in [7, 11) is 0. The Labute approximate surface area is 105 Å². The van der Waals surface area contributed by atoms with Gasteiger partial charge in [0, 0.05) is 5.33 Å². The molecule has 1 aromatic heterocycles. The number of aliphatic hydroxyl groups excluding tert-OH is 2. The van der Waals surface area contributed by atoms with E-state index in [0.717, 1.165) is 0 Å². The molecule has 92 valence electrons. The summed E-state index contributed by atoms with van der Waals surface area (Å²) < 4.78 is 4.89. The fourth-order valence-corrected chi connectivity index (χ4v) is 2.11. The van der Waals surface area contributed by atoms with E-state index in [0.29, 0.717) is 28.4 Å². The number of H-pyrrole nitrogens is 1. The van der Waals surface area contributed by atoms with Crippen LogP contribution in [0.5, 0.6) is 0 Å². The van der Waals surface area contributed by atoms with Crippen molar-refractivity contribution in [1.82, 2.24) is 4.98 Å². The summed E-state index contributed by atoms with van der Waals surface area (Å²) in [5, 5.41) is 20.2. The molecule has 1 aromatic carbocycles. The molecule has 0 bridgehead atoms. The monoisotopic (exact) mass is 301 g/mol. The number of aromatic amines is 1. The summed E-state index contributed by atoms with van der Waals surface area (Å²) in [6.07, 6.45) is -1.40. The molecular weight excluding hydrogens is 290 g/mol. The van der Waals surface area contributed by atoms with Gasteiger partial charge >= 0.3 is 5.76 Å². The number of hydrogen-bond acceptors (Lipinski definition) is 4. The first-order chi connectivity index (χ1) is 8.11. The highest BCUT2D eigenvalue weighted by Crippen LogP contribution is 2.22. The lowest BCUT2D eigenvalue weighted by molar-refractivity contribution is 0.0174. The van der Waals surface area contributed by atoms with E-state index in [1.54, 1.807) is 18.2 Å². The van der Waals surface area contributed by atoms with Crippen LogP contribution in [0.3, 0.4) is 0 Å². The van der Waals surface area contributed by atoms with E-state index in [9.17, 15) is 15.0 Å². The molecule has 17 heavy (non-hydrogen) atoms. The van der Waals surface area contributed by atoms with Crippen molar-refractivity contribution in [2.75, 3.05) is 5.33 Å².